The van der Waals surface area contributed by atoms with Crippen molar-refractivity contribution >= 4 is 23.1 Å². The molecule has 1 amide bonds. The zero-order chi connectivity index (χ0) is 24.9. The molecule has 180 valence electrons. The number of ketones is 1. The van der Waals surface area contributed by atoms with E-state index in [1.807, 2.05) is 20.8 Å². The minimum Gasteiger partial charge on any atom is -0.507 e. The number of rotatable bonds is 4. The van der Waals surface area contributed by atoms with E-state index < -0.39 is 17.7 Å². The summed E-state index contributed by atoms with van der Waals surface area (Å²) in [6, 6.07) is 12.5. The summed E-state index contributed by atoms with van der Waals surface area (Å²) in [4.78, 5) is 27.9. The van der Waals surface area contributed by atoms with Gasteiger partial charge in [-0.1, -0.05) is 20.8 Å². The number of ether oxygens (including phenoxy) is 3. The third kappa shape index (κ3) is 3.71. The molecule has 8 heteroatoms. The van der Waals surface area contributed by atoms with Gasteiger partial charge >= 0.3 is 0 Å². The quantitative estimate of drug-likeness (QED) is 0.324. The van der Waals surface area contributed by atoms with Gasteiger partial charge in [-0.25, -0.2) is 0 Å². The fourth-order valence-electron chi connectivity index (χ4n) is 4.45. The second kappa shape index (κ2) is 8.23. The van der Waals surface area contributed by atoms with Gasteiger partial charge in [0, 0.05) is 22.9 Å². The molecule has 0 saturated carbocycles. The molecule has 0 radical (unpaired) electrons. The van der Waals surface area contributed by atoms with Gasteiger partial charge in [0.25, 0.3) is 11.7 Å². The van der Waals surface area contributed by atoms with Gasteiger partial charge in [0.15, 0.2) is 11.5 Å². The molecule has 2 aliphatic heterocycles. The predicted molar refractivity (Wildman–Crippen MR) is 128 cm³/mol. The number of carbonyl (C=O) groups is 2. The molecule has 1 saturated heterocycles. The van der Waals surface area contributed by atoms with E-state index in [0.717, 1.165) is 5.56 Å². The van der Waals surface area contributed by atoms with Crippen molar-refractivity contribution in [2.45, 2.75) is 32.2 Å². The molecule has 3 aromatic rings. The van der Waals surface area contributed by atoms with E-state index in [2.05, 4.69) is 0 Å². The molecule has 1 atom stereocenters. The number of aliphatic hydroxyl groups excluding tert-OH is 1. The molecule has 1 N–H and O–H groups in total. The lowest BCUT2D eigenvalue weighted by atomic mass is 9.84. The zero-order valence-corrected chi connectivity index (χ0v) is 19.8. The summed E-state index contributed by atoms with van der Waals surface area (Å²) in [5, 5.41) is 11.4. The number of hydrogen-bond donors (Lipinski definition) is 1. The molecule has 0 bridgehead atoms. The summed E-state index contributed by atoms with van der Waals surface area (Å²) < 4.78 is 21.9. The molecule has 0 spiro atoms. The minimum atomic E-state index is -0.967. The Kier molecular flexibility index (Phi) is 5.31. The van der Waals surface area contributed by atoms with Gasteiger partial charge in [-0.2, -0.15) is 0 Å². The van der Waals surface area contributed by atoms with Gasteiger partial charge in [-0.3, -0.25) is 14.5 Å². The fourth-order valence-corrected chi connectivity index (χ4v) is 4.45. The molecular formula is C27H25NO7. The van der Waals surface area contributed by atoms with Gasteiger partial charge in [-0.15, -0.1) is 0 Å². The lowest BCUT2D eigenvalue weighted by Gasteiger charge is -2.24. The molecule has 2 aromatic carbocycles. The van der Waals surface area contributed by atoms with Crippen molar-refractivity contribution in [1.82, 2.24) is 0 Å². The van der Waals surface area contributed by atoms with Crippen molar-refractivity contribution in [3.63, 3.8) is 0 Å². The number of furan rings is 1. The monoisotopic (exact) mass is 475 g/mol. The Morgan fingerprint density at radius 3 is 2.51 bits per heavy atom. The number of fused-ring (bicyclic) bond motifs is 1. The molecule has 0 aliphatic carbocycles. The van der Waals surface area contributed by atoms with Crippen molar-refractivity contribution in [3.05, 3.63) is 77.3 Å². The first kappa shape index (κ1) is 22.6. The van der Waals surface area contributed by atoms with Crippen LogP contribution in [0.1, 0.15) is 43.7 Å². The normalized spacial score (nSPS) is 18.9. The number of nitrogens with zero attached hydrogens (tertiary/aromatic N) is 1. The van der Waals surface area contributed by atoms with E-state index in [1.165, 1.54) is 11.2 Å². The molecule has 5 rings (SSSR count). The number of methoxy groups -OCH3 is 1. The Labute approximate surface area is 202 Å². The lowest BCUT2D eigenvalue weighted by molar-refractivity contribution is -0.132. The summed E-state index contributed by atoms with van der Waals surface area (Å²) in [7, 11) is 1.58. The van der Waals surface area contributed by atoms with Crippen LogP contribution in [0.5, 0.6) is 17.2 Å². The number of Topliss-reactive ketones (excluding diaryl/α,β-unsaturated/α-hetero) is 1. The number of benzene rings is 2. The van der Waals surface area contributed by atoms with Gasteiger partial charge in [0.2, 0.25) is 6.79 Å². The highest BCUT2D eigenvalue weighted by molar-refractivity contribution is 6.51. The highest BCUT2D eigenvalue weighted by Gasteiger charge is 2.48. The predicted octanol–water partition coefficient (Wildman–Crippen LogP) is 4.94. The van der Waals surface area contributed by atoms with Crippen molar-refractivity contribution in [2.24, 2.45) is 0 Å². The number of anilines is 1. The lowest BCUT2D eigenvalue weighted by Crippen LogP contribution is -2.29. The Morgan fingerprint density at radius 2 is 1.83 bits per heavy atom. The standard InChI is InChI=1S/C27H25NO7/c1-27(2,3)17-12-15(7-9-18(17)32-4)24(29)22-23(20-6-5-11-33-20)28(26(31)25(22)30)16-8-10-19-21(13-16)35-14-34-19/h5-13,23,29H,14H2,1-4H3/b24-22-. The Bertz CT molecular complexity index is 1350. The van der Waals surface area contributed by atoms with Gasteiger partial charge in [-0.05, 0) is 47.9 Å². The molecule has 35 heavy (non-hydrogen) atoms. The molecule has 1 fully saturated rings. The van der Waals surface area contributed by atoms with E-state index in [-0.39, 0.29) is 23.5 Å². The van der Waals surface area contributed by atoms with Gasteiger partial charge in [0.1, 0.15) is 23.3 Å². The highest BCUT2D eigenvalue weighted by Crippen LogP contribution is 2.45. The van der Waals surface area contributed by atoms with Crippen LogP contribution in [0, 0.1) is 0 Å². The van der Waals surface area contributed by atoms with E-state index >= 15 is 0 Å². The largest absolute Gasteiger partial charge is 0.507 e. The molecule has 1 unspecified atom stereocenters. The van der Waals surface area contributed by atoms with Gasteiger partial charge < -0.3 is 23.7 Å². The second-order valence-corrected chi connectivity index (χ2v) is 9.39. The summed E-state index contributed by atoms with van der Waals surface area (Å²) in [5.41, 5.74) is 1.31. The van der Waals surface area contributed by atoms with Crippen LogP contribution >= 0.6 is 0 Å². The number of carbonyl (C=O) groups excluding carboxylic acids is 2. The van der Waals surface area contributed by atoms with Crippen LogP contribution in [0.2, 0.25) is 0 Å². The average molecular weight is 475 g/mol. The molecule has 2 aliphatic rings. The molecule has 1 aromatic heterocycles. The third-order valence-electron chi connectivity index (χ3n) is 6.17. The number of aliphatic hydroxyl groups is 1. The smallest absolute Gasteiger partial charge is 0.300 e. The summed E-state index contributed by atoms with van der Waals surface area (Å²) in [6.45, 7) is 6.15. The van der Waals surface area contributed by atoms with Crippen LogP contribution in [0.15, 0.2) is 64.8 Å². The van der Waals surface area contributed by atoms with E-state index in [9.17, 15) is 14.7 Å². The Morgan fingerprint density at radius 1 is 1.06 bits per heavy atom. The second-order valence-electron chi connectivity index (χ2n) is 9.39. The van der Waals surface area contributed by atoms with Crippen LogP contribution < -0.4 is 19.1 Å². The molecular weight excluding hydrogens is 450 g/mol. The molecule has 3 heterocycles. The van der Waals surface area contributed by atoms with Crippen LogP contribution in [-0.4, -0.2) is 30.7 Å². The molecule has 8 nitrogen and oxygen atoms in total. The SMILES string of the molecule is COc1ccc(/C(O)=C2/C(=O)C(=O)N(c3ccc4c(c3)OCO4)C2c2ccco2)cc1C(C)(C)C. The van der Waals surface area contributed by atoms with Crippen LogP contribution in [-0.2, 0) is 15.0 Å². The topological polar surface area (TPSA) is 98.4 Å². The van der Waals surface area contributed by atoms with E-state index in [4.69, 9.17) is 18.6 Å². The summed E-state index contributed by atoms with van der Waals surface area (Å²) in [5.74, 6) is 0.137. The first-order chi connectivity index (χ1) is 16.7. The Balaban J connectivity index is 1.68. The maximum Gasteiger partial charge on any atom is 0.300 e. The van der Waals surface area contributed by atoms with Crippen molar-refractivity contribution < 1.29 is 33.3 Å². The zero-order valence-electron chi connectivity index (χ0n) is 19.8. The highest BCUT2D eigenvalue weighted by atomic mass is 16.7. The summed E-state index contributed by atoms with van der Waals surface area (Å²) >= 11 is 0. The number of hydrogen-bond acceptors (Lipinski definition) is 7. The fraction of sp³-hybridized carbons (Fsp3) is 0.259. The number of amides is 1. The van der Waals surface area contributed by atoms with Gasteiger partial charge in [0.05, 0.1) is 18.9 Å². The first-order valence-corrected chi connectivity index (χ1v) is 11.1. The Hall–Kier alpha value is -4.20. The van der Waals surface area contributed by atoms with Crippen LogP contribution in [0.3, 0.4) is 0 Å². The maximum atomic E-state index is 13.3. The van der Waals surface area contributed by atoms with E-state index in [1.54, 1.807) is 55.6 Å². The van der Waals surface area contributed by atoms with Crippen molar-refractivity contribution in [1.29, 1.82) is 0 Å². The van der Waals surface area contributed by atoms with Crippen molar-refractivity contribution in [3.8, 4) is 17.2 Å². The van der Waals surface area contributed by atoms with Crippen molar-refractivity contribution in [2.75, 3.05) is 18.8 Å². The first-order valence-electron chi connectivity index (χ1n) is 11.1. The van der Waals surface area contributed by atoms with Crippen LogP contribution in [0.25, 0.3) is 5.76 Å². The third-order valence-corrected chi connectivity index (χ3v) is 6.17. The summed E-state index contributed by atoms with van der Waals surface area (Å²) in [6.07, 6.45) is 1.46. The maximum absolute atomic E-state index is 13.3. The minimum absolute atomic E-state index is 0.0624. The average Bonchev–Trinajstić information content (AvgIpc) is 3.57. The van der Waals surface area contributed by atoms with Crippen LogP contribution in [0.4, 0.5) is 5.69 Å². The van der Waals surface area contributed by atoms with E-state index in [0.29, 0.717) is 34.3 Å².